The van der Waals surface area contributed by atoms with Gasteiger partial charge in [-0.3, -0.25) is 9.59 Å². The molecule has 1 aliphatic carbocycles. The van der Waals surface area contributed by atoms with E-state index in [0.29, 0.717) is 29.2 Å². The van der Waals surface area contributed by atoms with Crippen LogP contribution >= 0.6 is 11.3 Å². The lowest BCUT2D eigenvalue weighted by Crippen LogP contribution is -2.22. The van der Waals surface area contributed by atoms with Crippen LogP contribution < -0.4 is 10.1 Å². The first-order chi connectivity index (χ1) is 14.3. The van der Waals surface area contributed by atoms with E-state index in [0.717, 1.165) is 21.6 Å². The summed E-state index contributed by atoms with van der Waals surface area (Å²) in [5.74, 6) is -1.24. The van der Waals surface area contributed by atoms with E-state index < -0.39 is 23.8 Å². The highest BCUT2D eigenvalue weighted by atomic mass is 32.1. The van der Waals surface area contributed by atoms with Crippen molar-refractivity contribution in [2.75, 3.05) is 26.1 Å². The van der Waals surface area contributed by atoms with Gasteiger partial charge >= 0.3 is 11.9 Å². The molecule has 160 valence electrons. The average Bonchev–Trinajstić information content (AvgIpc) is 3.28. The third kappa shape index (κ3) is 4.05. The molecule has 7 nitrogen and oxygen atoms in total. The summed E-state index contributed by atoms with van der Waals surface area (Å²) >= 11 is 1.29. The smallest absolute Gasteiger partial charge is 0.341 e. The van der Waals surface area contributed by atoms with Crippen LogP contribution in [-0.4, -0.2) is 38.7 Å². The van der Waals surface area contributed by atoms with Gasteiger partial charge in [-0.1, -0.05) is 12.1 Å². The molecule has 1 amide bonds. The number of methoxy groups -OCH3 is 2. The van der Waals surface area contributed by atoms with Crippen molar-refractivity contribution in [2.45, 2.75) is 39.5 Å². The lowest BCUT2D eigenvalue weighted by molar-refractivity contribution is -0.142. The van der Waals surface area contributed by atoms with Gasteiger partial charge in [0, 0.05) is 4.88 Å². The number of anilines is 1. The van der Waals surface area contributed by atoms with Gasteiger partial charge in [-0.15, -0.1) is 11.3 Å². The fraction of sp³-hybridized carbons (Fsp3) is 0.409. The number of hydrogen-bond acceptors (Lipinski definition) is 7. The minimum Gasteiger partial charge on any atom is -0.483 e. The highest BCUT2D eigenvalue weighted by Gasteiger charge is 2.38. The Hall–Kier alpha value is -2.87. The monoisotopic (exact) mass is 431 g/mol. The zero-order valence-corrected chi connectivity index (χ0v) is 18.5. The number of amides is 1. The molecular weight excluding hydrogens is 406 g/mol. The minimum atomic E-state index is -0.593. The van der Waals surface area contributed by atoms with Gasteiger partial charge in [0.05, 0.1) is 25.7 Å². The van der Waals surface area contributed by atoms with E-state index >= 15 is 0 Å². The van der Waals surface area contributed by atoms with Gasteiger partial charge in [-0.25, -0.2) is 4.79 Å². The molecule has 1 aromatic heterocycles. The fourth-order valence-corrected chi connectivity index (χ4v) is 4.96. The van der Waals surface area contributed by atoms with Crippen LogP contribution in [0.1, 0.15) is 49.8 Å². The molecule has 0 bridgehead atoms. The van der Waals surface area contributed by atoms with Gasteiger partial charge in [0.25, 0.3) is 5.91 Å². The normalized spacial score (nSPS) is 14.8. The quantitative estimate of drug-likeness (QED) is 0.702. The molecule has 1 heterocycles. The molecule has 1 aromatic carbocycles. The van der Waals surface area contributed by atoms with Crippen molar-refractivity contribution < 1.29 is 28.6 Å². The number of rotatable bonds is 6. The van der Waals surface area contributed by atoms with Gasteiger partial charge in [0.2, 0.25) is 0 Å². The number of ether oxygens (including phenoxy) is 3. The standard InChI is InChI=1S/C22H25NO6S/c1-11-6-7-12(2)19(13(11)3)29-10-16(24)23-20-18(22(26)28-5)17-14(21(25)27-4)8-9-15(17)30-20/h6-7,14H,8-10H2,1-5H3,(H,23,24). The molecule has 1 unspecified atom stereocenters. The first-order valence-corrected chi connectivity index (χ1v) is 10.4. The number of nitrogens with one attached hydrogen (secondary N) is 1. The third-order valence-corrected chi connectivity index (χ3v) is 6.56. The molecule has 0 saturated carbocycles. The molecule has 0 aliphatic heterocycles. The number of carbonyl (C=O) groups excluding carboxylic acids is 3. The lowest BCUT2D eigenvalue weighted by Gasteiger charge is -2.14. The zero-order valence-electron chi connectivity index (χ0n) is 17.7. The molecule has 1 aliphatic rings. The van der Waals surface area contributed by atoms with Crippen LogP contribution in [0.3, 0.4) is 0 Å². The molecule has 0 spiro atoms. The fourth-order valence-electron chi connectivity index (χ4n) is 3.68. The number of thiophene rings is 1. The number of benzene rings is 1. The summed E-state index contributed by atoms with van der Waals surface area (Å²) in [5, 5.41) is 3.13. The Kier molecular flexibility index (Phi) is 6.45. The Balaban J connectivity index is 1.82. The predicted octanol–water partition coefficient (Wildman–Crippen LogP) is 3.68. The highest BCUT2D eigenvalue weighted by molar-refractivity contribution is 7.17. The van der Waals surface area contributed by atoms with Crippen LogP contribution in [0.15, 0.2) is 12.1 Å². The topological polar surface area (TPSA) is 90.9 Å². The first-order valence-electron chi connectivity index (χ1n) is 9.59. The maximum atomic E-state index is 12.6. The van der Waals surface area contributed by atoms with E-state index in [1.807, 2.05) is 32.9 Å². The van der Waals surface area contributed by atoms with E-state index in [1.165, 1.54) is 25.6 Å². The maximum Gasteiger partial charge on any atom is 0.341 e. The van der Waals surface area contributed by atoms with Crippen LogP contribution in [-0.2, 0) is 25.5 Å². The van der Waals surface area contributed by atoms with Gasteiger partial charge in [-0.2, -0.15) is 0 Å². The Bertz CT molecular complexity index is 1010. The predicted molar refractivity (Wildman–Crippen MR) is 114 cm³/mol. The van der Waals surface area contributed by atoms with Gasteiger partial charge in [0.15, 0.2) is 6.61 Å². The molecular formula is C22H25NO6S. The summed E-state index contributed by atoms with van der Waals surface area (Å²) in [5.41, 5.74) is 3.82. The van der Waals surface area contributed by atoms with Crippen molar-refractivity contribution >= 4 is 34.2 Å². The Morgan fingerprint density at radius 3 is 2.47 bits per heavy atom. The average molecular weight is 432 g/mol. The summed E-state index contributed by atoms with van der Waals surface area (Å²) in [6, 6.07) is 3.95. The van der Waals surface area contributed by atoms with Crippen molar-refractivity contribution in [3.8, 4) is 5.75 Å². The molecule has 8 heteroatoms. The summed E-state index contributed by atoms with van der Waals surface area (Å²) in [6.45, 7) is 5.65. The van der Waals surface area contributed by atoms with Crippen LogP contribution in [0.25, 0.3) is 0 Å². The van der Waals surface area contributed by atoms with E-state index in [2.05, 4.69) is 5.32 Å². The first kappa shape index (κ1) is 21.8. The van der Waals surface area contributed by atoms with Crippen LogP contribution in [0, 0.1) is 20.8 Å². The van der Waals surface area contributed by atoms with Crippen LogP contribution in [0.2, 0.25) is 0 Å². The summed E-state index contributed by atoms with van der Waals surface area (Å²) in [4.78, 5) is 38.1. The van der Waals surface area contributed by atoms with E-state index in [1.54, 1.807) is 0 Å². The third-order valence-electron chi connectivity index (χ3n) is 5.38. The summed E-state index contributed by atoms with van der Waals surface area (Å²) < 4.78 is 15.6. The van der Waals surface area contributed by atoms with E-state index in [4.69, 9.17) is 14.2 Å². The summed E-state index contributed by atoms with van der Waals surface area (Å²) in [6.07, 6.45) is 1.21. The molecule has 3 rings (SSSR count). The van der Waals surface area contributed by atoms with Crippen molar-refractivity contribution in [3.05, 3.63) is 44.8 Å². The van der Waals surface area contributed by atoms with E-state index in [9.17, 15) is 14.4 Å². The highest BCUT2D eigenvalue weighted by Crippen LogP contribution is 2.45. The Morgan fingerprint density at radius 2 is 1.80 bits per heavy atom. The molecule has 0 fully saturated rings. The van der Waals surface area contributed by atoms with Crippen molar-refractivity contribution in [2.24, 2.45) is 0 Å². The molecule has 1 atom stereocenters. The number of hydrogen-bond donors (Lipinski definition) is 1. The van der Waals surface area contributed by atoms with Crippen LogP contribution in [0.5, 0.6) is 5.75 Å². The Labute approximate surface area is 179 Å². The molecule has 2 aromatic rings. The van der Waals surface area contributed by atoms with Crippen molar-refractivity contribution in [1.29, 1.82) is 0 Å². The largest absolute Gasteiger partial charge is 0.483 e. The number of fused-ring (bicyclic) bond motifs is 1. The minimum absolute atomic E-state index is 0.200. The molecule has 0 saturated heterocycles. The van der Waals surface area contributed by atoms with Crippen LogP contribution in [0.4, 0.5) is 5.00 Å². The number of esters is 2. The Morgan fingerprint density at radius 1 is 1.10 bits per heavy atom. The number of carbonyl (C=O) groups is 3. The second kappa shape index (κ2) is 8.87. The second-order valence-corrected chi connectivity index (χ2v) is 8.34. The lowest BCUT2D eigenvalue weighted by atomic mass is 9.99. The maximum absolute atomic E-state index is 12.6. The molecule has 1 N–H and O–H groups in total. The van der Waals surface area contributed by atoms with Gasteiger partial charge in [0.1, 0.15) is 10.8 Å². The van der Waals surface area contributed by atoms with E-state index in [-0.39, 0.29) is 12.2 Å². The molecule has 0 radical (unpaired) electrons. The van der Waals surface area contributed by atoms with Gasteiger partial charge in [-0.05, 0) is 55.9 Å². The van der Waals surface area contributed by atoms with Crippen molar-refractivity contribution in [3.63, 3.8) is 0 Å². The zero-order chi connectivity index (χ0) is 22.0. The summed E-state index contributed by atoms with van der Waals surface area (Å²) in [7, 11) is 2.59. The molecule has 30 heavy (non-hydrogen) atoms. The van der Waals surface area contributed by atoms with Crippen molar-refractivity contribution in [1.82, 2.24) is 0 Å². The number of aryl methyl sites for hydroxylation is 3. The van der Waals surface area contributed by atoms with Gasteiger partial charge < -0.3 is 19.5 Å². The SMILES string of the molecule is COC(=O)c1c(NC(=O)COc2c(C)ccc(C)c2C)sc2c1C(C(=O)OC)CC2. The second-order valence-electron chi connectivity index (χ2n) is 7.24.